The summed E-state index contributed by atoms with van der Waals surface area (Å²) in [6.45, 7) is 1.62. The lowest BCUT2D eigenvalue weighted by molar-refractivity contribution is 0.0714. The van der Waals surface area contributed by atoms with E-state index in [1.54, 1.807) is 4.90 Å². The van der Waals surface area contributed by atoms with Gasteiger partial charge in [-0.2, -0.15) is 0 Å². The van der Waals surface area contributed by atoms with Gasteiger partial charge in [0.15, 0.2) is 5.76 Å². The SMILES string of the molecule is CN1CCN(C(=O)c2ccc(S(N)(=O)=O)o2)Cc2ccccc21. The number of likely N-dealkylation sites (N-methyl/N-ethyl adjacent to an activating group) is 1. The number of rotatable bonds is 2. The van der Waals surface area contributed by atoms with E-state index in [0.29, 0.717) is 19.6 Å². The van der Waals surface area contributed by atoms with Gasteiger partial charge >= 0.3 is 0 Å². The zero-order chi connectivity index (χ0) is 16.6. The number of amides is 1. The summed E-state index contributed by atoms with van der Waals surface area (Å²) >= 11 is 0. The second-order valence-corrected chi connectivity index (χ2v) is 6.93. The van der Waals surface area contributed by atoms with Crippen LogP contribution in [0.25, 0.3) is 0 Å². The molecule has 2 aromatic rings. The van der Waals surface area contributed by atoms with Crippen molar-refractivity contribution in [1.82, 2.24) is 4.90 Å². The highest BCUT2D eigenvalue weighted by atomic mass is 32.2. The van der Waals surface area contributed by atoms with Gasteiger partial charge in [0.1, 0.15) is 0 Å². The Morgan fingerprint density at radius 1 is 1.17 bits per heavy atom. The van der Waals surface area contributed by atoms with Gasteiger partial charge in [0.2, 0.25) is 5.09 Å². The Morgan fingerprint density at radius 3 is 2.61 bits per heavy atom. The summed E-state index contributed by atoms with van der Waals surface area (Å²) in [5.74, 6) is -0.388. The van der Waals surface area contributed by atoms with E-state index in [1.165, 1.54) is 12.1 Å². The standard InChI is InChI=1S/C15H17N3O4S/c1-17-8-9-18(10-11-4-2-3-5-12(11)17)15(19)13-6-7-14(22-13)23(16,20)21/h2-7H,8-10H2,1H3,(H2,16,20,21). The molecule has 0 bridgehead atoms. The van der Waals surface area contributed by atoms with Gasteiger partial charge in [0.25, 0.3) is 15.9 Å². The molecule has 8 heteroatoms. The van der Waals surface area contributed by atoms with Crippen molar-refractivity contribution in [1.29, 1.82) is 0 Å². The van der Waals surface area contributed by atoms with E-state index in [2.05, 4.69) is 4.90 Å². The number of para-hydroxylation sites is 1. The Morgan fingerprint density at radius 2 is 1.91 bits per heavy atom. The van der Waals surface area contributed by atoms with E-state index in [4.69, 9.17) is 9.56 Å². The number of nitrogens with two attached hydrogens (primary N) is 1. The van der Waals surface area contributed by atoms with Gasteiger partial charge in [0.05, 0.1) is 0 Å². The predicted octanol–water partition coefficient (Wildman–Crippen LogP) is 1.02. The monoisotopic (exact) mass is 335 g/mol. The molecule has 0 saturated carbocycles. The number of carbonyl (C=O) groups excluding carboxylic acids is 1. The maximum atomic E-state index is 12.6. The molecule has 2 N–H and O–H groups in total. The largest absolute Gasteiger partial charge is 0.438 e. The number of anilines is 1. The third-order valence-corrected chi connectivity index (χ3v) is 4.61. The van der Waals surface area contributed by atoms with Crippen LogP contribution in [-0.4, -0.2) is 39.4 Å². The Bertz CT molecular complexity index is 844. The molecule has 0 aliphatic carbocycles. The highest BCUT2D eigenvalue weighted by molar-refractivity contribution is 7.89. The van der Waals surface area contributed by atoms with Gasteiger partial charge in [-0.15, -0.1) is 0 Å². The van der Waals surface area contributed by atoms with Crippen molar-refractivity contribution in [2.75, 3.05) is 25.0 Å². The summed E-state index contributed by atoms with van der Waals surface area (Å²) in [6.07, 6.45) is 0. The molecule has 1 aromatic carbocycles. The Kier molecular flexibility index (Phi) is 3.87. The minimum Gasteiger partial charge on any atom is -0.438 e. The molecule has 0 radical (unpaired) electrons. The van der Waals surface area contributed by atoms with Crippen LogP contribution in [0.15, 0.2) is 45.9 Å². The van der Waals surface area contributed by atoms with Crippen molar-refractivity contribution in [2.24, 2.45) is 5.14 Å². The first-order valence-corrected chi connectivity index (χ1v) is 8.62. The summed E-state index contributed by atoms with van der Waals surface area (Å²) < 4.78 is 27.6. The molecule has 0 unspecified atom stereocenters. The molecule has 0 fully saturated rings. The molecule has 0 saturated heterocycles. The number of benzene rings is 1. The molecular weight excluding hydrogens is 318 g/mol. The highest BCUT2D eigenvalue weighted by Gasteiger charge is 2.25. The lowest BCUT2D eigenvalue weighted by atomic mass is 10.1. The van der Waals surface area contributed by atoms with E-state index >= 15 is 0 Å². The quantitative estimate of drug-likeness (QED) is 0.884. The molecule has 3 rings (SSSR count). The van der Waals surface area contributed by atoms with Gasteiger partial charge in [-0.05, 0) is 23.8 Å². The van der Waals surface area contributed by atoms with Gasteiger partial charge in [-0.1, -0.05) is 18.2 Å². The third-order valence-electron chi connectivity index (χ3n) is 3.83. The molecule has 23 heavy (non-hydrogen) atoms. The first-order valence-electron chi connectivity index (χ1n) is 7.07. The maximum Gasteiger partial charge on any atom is 0.289 e. The van der Waals surface area contributed by atoms with Gasteiger partial charge in [-0.25, -0.2) is 13.6 Å². The number of primary sulfonamides is 1. The summed E-state index contributed by atoms with van der Waals surface area (Å²) in [5.41, 5.74) is 2.10. The lowest BCUT2D eigenvalue weighted by Gasteiger charge is -2.19. The number of nitrogens with zero attached hydrogens (tertiary/aromatic N) is 2. The van der Waals surface area contributed by atoms with Gasteiger partial charge in [-0.3, -0.25) is 4.79 Å². The zero-order valence-electron chi connectivity index (χ0n) is 12.6. The van der Waals surface area contributed by atoms with Gasteiger partial charge < -0.3 is 14.2 Å². The van der Waals surface area contributed by atoms with Crippen molar-refractivity contribution in [3.05, 3.63) is 47.7 Å². The fraction of sp³-hybridized carbons (Fsp3) is 0.267. The smallest absolute Gasteiger partial charge is 0.289 e. The normalized spacial score (nSPS) is 15.2. The topological polar surface area (TPSA) is 96.9 Å². The second kappa shape index (κ2) is 5.71. The summed E-state index contributed by atoms with van der Waals surface area (Å²) in [5, 5.41) is 4.59. The minimum absolute atomic E-state index is 0.0314. The number of hydrogen-bond acceptors (Lipinski definition) is 5. The van der Waals surface area contributed by atoms with E-state index in [-0.39, 0.29) is 11.7 Å². The van der Waals surface area contributed by atoms with Crippen molar-refractivity contribution in [3.8, 4) is 0 Å². The van der Waals surface area contributed by atoms with Crippen molar-refractivity contribution < 1.29 is 17.6 Å². The lowest BCUT2D eigenvalue weighted by Crippen LogP contribution is -2.34. The Hall–Kier alpha value is -2.32. The summed E-state index contributed by atoms with van der Waals surface area (Å²) in [4.78, 5) is 16.3. The van der Waals surface area contributed by atoms with Crippen molar-refractivity contribution in [3.63, 3.8) is 0 Å². The first kappa shape index (κ1) is 15.6. The molecule has 122 valence electrons. The third kappa shape index (κ3) is 3.08. The van der Waals surface area contributed by atoms with Crippen molar-refractivity contribution in [2.45, 2.75) is 11.6 Å². The van der Waals surface area contributed by atoms with E-state index in [0.717, 1.165) is 11.3 Å². The number of sulfonamides is 1. The van der Waals surface area contributed by atoms with E-state index < -0.39 is 15.1 Å². The maximum absolute atomic E-state index is 12.6. The molecule has 1 aliphatic heterocycles. The molecular formula is C15H17N3O4S. The molecule has 0 atom stereocenters. The number of carbonyl (C=O) groups is 1. The van der Waals surface area contributed by atoms with Crippen LogP contribution in [0.2, 0.25) is 0 Å². The fourth-order valence-electron chi connectivity index (χ4n) is 2.61. The Labute approximate surface area is 134 Å². The van der Waals surface area contributed by atoms with E-state index in [1.807, 2.05) is 31.3 Å². The zero-order valence-corrected chi connectivity index (χ0v) is 13.4. The highest BCUT2D eigenvalue weighted by Crippen LogP contribution is 2.25. The number of furan rings is 1. The van der Waals surface area contributed by atoms with Crippen LogP contribution in [0, 0.1) is 0 Å². The Balaban J connectivity index is 1.87. The number of hydrogen-bond donors (Lipinski definition) is 1. The van der Waals surface area contributed by atoms with Crippen LogP contribution in [0.3, 0.4) is 0 Å². The summed E-state index contributed by atoms with van der Waals surface area (Å²) in [7, 11) is -1.99. The average Bonchev–Trinajstić information content (AvgIpc) is 2.95. The van der Waals surface area contributed by atoms with Crippen LogP contribution in [0.1, 0.15) is 16.1 Å². The fourth-order valence-corrected chi connectivity index (χ4v) is 3.07. The van der Waals surface area contributed by atoms with Crippen LogP contribution in [0.4, 0.5) is 5.69 Å². The number of fused-ring (bicyclic) bond motifs is 1. The molecule has 1 aliphatic rings. The second-order valence-electron chi connectivity index (χ2n) is 5.44. The van der Waals surface area contributed by atoms with Crippen LogP contribution in [0.5, 0.6) is 0 Å². The van der Waals surface area contributed by atoms with Crippen LogP contribution >= 0.6 is 0 Å². The van der Waals surface area contributed by atoms with Crippen LogP contribution in [-0.2, 0) is 16.6 Å². The predicted molar refractivity (Wildman–Crippen MR) is 84.5 cm³/mol. The average molecular weight is 335 g/mol. The molecule has 7 nitrogen and oxygen atoms in total. The summed E-state index contributed by atoms with van der Waals surface area (Å²) in [6, 6.07) is 10.4. The van der Waals surface area contributed by atoms with Crippen LogP contribution < -0.4 is 10.0 Å². The van der Waals surface area contributed by atoms with Gasteiger partial charge in [0, 0.05) is 32.4 Å². The molecule has 1 amide bonds. The molecule has 1 aromatic heterocycles. The van der Waals surface area contributed by atoms with Crippen molar-refractivity contribution >= 4 is 21.6 Å². The minimum atomic E-state index is -3.96. The molecule has 0 spiro atoms. The van der Waals surface area contributed by atoms with E-state index in [9.17, 15) is 13.2 Å². The first-order chi connectivity index (χ1) is 10.9. The molecule has 2 heterocycles.